The first-order valence-electron chi connectivity index (χ1n) is 6.49. The van der Waals surface area contributed by atoms with E-state index in [0.717, 1.165) is 6.42 Å². The van der Waals surface area contributed by atoms with E-state index >= 15 is 0 Å². The van der Waals surface area contributed by atoms with Crippen molar-refractivity contribution in [2.45, 2.75) is 19.3 Å². The Morgan fingerprint density at radius 3 is 2.44 bits per heavy atom. The Kier molecular flexibility index (Phi) is 4.03. The molecular weight excluding hydrogens is 218 g/mol. The van der Waals surface area contributed by atoms with Crippen molar-refractivity contribution < 1.29 is 0 Å². The Morgan fingerprint density at radius 1 is 1.06 bits per heavy atom. The van der Waals surface area contributed by atoms with Crippen LogP contribution in [0.5, 0.6) is 0 Å². The molecule has 1 aromatic rings. The molecule has 1 aromatic carbocycles. The van der Waals surface area contributed by atoms with Crippen molar-refractivity contribution >= 4 is 5.69 Å². The van der Waals surface area contributed by atoms with E-state index in [0.29, 0.717) is 5.92 Å². The van der Waals surface area contributed by atoms with Crippen LogP contribution in [0, 0.1) is 0 Å². The third-order valence-electron chi connectivity index (χ3n) is 3.43. The highest BCUT2D eigenvalue weighted by Gasteiger charge is 2.09. The summed E-state index contributed by atoms with van der Waals surface area (Å²) in [5.41, 5.74) is 4.02. The fourth-order valence-corrected chi connectivity index (χ4v) is 2.17. The van der Waals surface area contributed by atoms with Gasteiger partial charge >= 0.3 is 0 Å². The number of anilines is 1. The molecular formula is C17H21N. The second kappa shape index (κ2) is 5.72. The molecule has 94 valence electrons. The zero-order valence-corrected chi connectivity index (χ0v) is 11.4. The SMILES string of the molecule is CC(C1=CCC=CC=C1)c1ccc(N(C)C)cc1. The normalized spacial score (nSPS) is 16.1. The van der Waals surface area contributed by atoms with Crippen LogP contribution in [0.3, 0.4) is 0 Å². The zero-order valence-electron chi connectivity index (χ0n) is 11.4. The van der Waals surface area contributed by atoms with Gasteiger partial charge in [0.05, 0.1) is 0 Å². The van der Waals surface area contributed by atoms with Crippen LogP contribution in [-0.4, -0.2) is 14.1 Å². The van der Waals surface area contributed by atoms with E-state index in [1.165, 1.54) is 16.8 Å². The van der Waals surface area contributed by atoms with Gasteiger partial charge in [0.15, 0.2) is 0 Å². The minimum atomic E-state index is 0.456. The first-order valence-corrected chi connectivity index (χ1v) is 6.49. The lowest BCUT2D eigenvalue weighted by Gasteiger charge is -2.16. The standard InChI is InChI=1S/C17H21N/c1-14(15-8-6-4-5-7-9-15)16-10-12-17(13-11-16)18(2)3/h4-6,8-14H,7H2,1-3H3. The van der Waals surface area contributed by atoms with Gasteiger partial charge in [-0.3, -0.25) is 0 Å². The first-order chi connectivity index (χ1) is 8.68. The average Bonchev–Trinajstić information content (AvgIpc) is 2.67. The first kappa shape index (κ1) is 12.7. The Morgan fingerprint density at radius 2 is 1.78 bits per heavy atom. The van der Waals surface area contributed by atoms with Gasteiger partial charge in [0.25, 0.3) is 0 Å². The summed E-state index contributed by atoms with van der Waals surface area (Å²) in [6.45, 7) is 2.27. The second-order valence-electron chi connectivity index (χ2n) is 4.93. The van der Waals surface area contributed by atoms with E-state index in [1.807, 2.05) is 0 Å². The van der Waals surface area contributed by atoms with Crippen LogP contribution in [0.15, 0.2) is 60.2 Å². The van der Waals surface area contributed by atoms with E-state index in [4.69, 9.17) is 0 Å². The lowest BCUT2D eigenvalue weighted by Crippen LogP contribution is -2.08. The molecule has 2 rings (SSSR count). The Labute approximate surface area is 110 Å². The van der Waals surface area contributed by atoms with Gasteiger partial charge in [-0.1, -0.05) is 49.4 Å². The summed E-state index contributed by atoms with van der Waals surface area (Å²) in [7, 11) is 4.14. The van der Waals surface area contributed by atoms with Crippen molar-refractivity contribution in [2.24, 2.45) is 0 Å². The van der Waals surface area contributed by atoms with Gasteiger partial charge in [-0.05, 0) is 29.7 Å². The van der Waals surface area contributed by atoms with Crippen LogP contribution in [0.2, 0.25) is 0 Å². The molecule has 0 aromatic heterocycles. The number of allylic oxidation sites excluding steroid dienone is 6. The maximum Gasteiger partial charge on any atom is 0.0361 e. The highest BCUT2D eigenvalue weighted by atomic mass is 15.1. The lowest BCUT2D eigenvalue weighted by atomic mass is 9.92. The van der Waals surface area contributed by atoms with E-state index in [1.54, 1.807) is 0 Å². The van der Waals surface area contributed by atoms with Crippen molar-refractivity contribution in [3.8, 4) is 0 Å². The van der Waals surface area contributed by atoms with E-state index in [9.17, 15) is 0 Å². The van der Waals surface area contributed by atoms with Gasteiger partial charge in [-0.25, -0.2) is 0 Å². The number of benzene rings is 1. The molecule has 0 N–H and O–H groups in total. The molecule has 0 bridgehead atoms. The minimum absolute atomic E-state index is 0.456. The Balaban J connectivity index is 2.18. The third-order valence-corrected chi connectivity index (χ3v) is 3.43. The fraction of sp³-hybridized carbons (Fsp3) is 0.294. The highest BCUT2D eigenvalue weighted by molar-refractivity contribution is 5.48. The van der Waals surface area contributed by atoms with Crippen molar-refractivity contribution in [3.05, 3.63) is 65.8 Å². The van der Waals surface area contributed by atoms with Crippen molar-refractivity contribution in [2.75, 3.05) is 19.0 Å². The van der Waals surface area contributed by atoms with E-state index in [2.05, 4.69) is 80.6 Å². The number of hydrogen-bond acceptors (Lipinski definition) is 1. The van der Waals surface area contributed by atoms with Crippen LogP contribution >= 0.6 is 0 Å². The highest BCUT2D eigenvalue weighted by Crippen LogP contribution is 2.27. The summed E-state index contributed by atoms with van der Waals surface area (Å²) in [6.07, 6.45) is 12.0. The maximum absolute atomic E-state index is 2.31. The van der Waals surface area contributed by atoms with Crippen LogP contribution < -0.4 is 4.90 Å². The summed E-state index contributed by atoms with van der Waals surface area (Å²) in [4.78, 5) is 2.13. The number of rotatable bonds is 3. The van der Waals surface area contributed by atoms with Gasteiger partial charge < -0.3 is 4.90 Å². The summed E-state index contributed by atoms with van der Waals surface area (Å²) < 4.78 is 0. The largest absolute Gasteiger partial charge is 0.378 e. The topological polar surface area (TPSA) is 3.24 Å². The molecule has 0 radical (unpaired) electrons. The molecule has 18 heavy (non-hydrogen) atoms. The smallest absolute Gasteiger partial charge is 0.0361 e. The predicted octanol–water partition coefficient (Wildman–Crippen LogP) is 4.30. The molecule has 1 aliphatic carbocycles. The molecule has 0 heterocycles. The molecule has 1 nitrogen and oxygen atoms in total. The molecule has 0 fully saturated rings. The van der Waals surface area contributed by atoms with Crippen LogP contribution in [0.25, 0.3) is 0 Å². The average molecular weight is 239 g/mol. The summed E-state index contributed by atoms with van der Waals surface area (Å²) in [5.74, 6) is 0.456. The molecule has 1 unspecified atom stereocenters. The van der Waals surface area contributed by atoms with Crippen molar-refractivity contribution in [3.63, 3.8) is 0 Å². The second-order valence-corrected chi connectivity index (χ2v) is 4.93. The molecule has 0 amide bonds. The summed E-state index contributed by atoms with van der Waals surface area (Å²) >= 11 is 0. The lowest BCUT2D eigenvalue weighted by molar-refractivity contribution is 0.914. The van der Waals surface area contributed by atoms with Gasteiger partial charge in [-0.2, -0.15) is 0 Å². The zero-order chi connectivity index (χ0) is 13.0. The predicted molar refractivity (Wildman–Crippen MR) is 80.2 cm³/mol. The van der Waals surface area contributed by atoms with Crippen molar-refractivity contribution in [1.82, 2.24) is 0 Å². The Bertz CT molecular complexity index is 475. The molecule has 1 heteroatoms. The number of nitrogens with zero attached hydrogens (tertiary/aromatic N) is 1. The molecule has 1 atom stereocenters. The molecule has 1 aliphatic rings. The summed E-state index contributed by atoms with van der Waals surface area (Å²) in [6, 6.07) is 8.83. The number of hydrogen-bond donors (Lipinski definition) is 0. The fourth-order valence-electron chi connectivity index (χ4n) is 2.17. The van der Waals surface area contributed by atoms with Gasteiger partial charge in [0, 0.05) is 25.7 Å². The quantitative estimate of drug-likeness (QED) is 0.760. The minimum Gasteiger partial charge on any atom is -0.378 e. The van der Waals surface area contributed by atoms with Crippen LogP contribution in [0.1, 0.15) is 24.8 Å². The monoisotopic (exact) mass is 239 g/mol. The van der Waals surface area contributed by atoms with Gasteiger partial charge in [0.1, 0.15) is 0 Å². The molecule has 0 spiro atoms. The van der Waals surface area contributed by atoms with E-state index < -0.39 is 0 Å². The van der Waals surface area contributed by atoms with E-state index in [-0.39, 0.29) is 0 Å². The van der Waals surface area contributed by atoms with Crippen LogP contribution in [-0.2, 0) is 0 Å². The van der Waals surface area contributed by atoms with Crippen LogP contribution in [0.4, 0.5) is 5.69 Å². The van der Waals surface area contributed by atoms with Gasteiger partial charge in [0.2, 0.25) is 0 Å². The molecule has 0 saturated carbocycles. The third kappa shape index (κ3) is 2.92. The maximum atomic E-state index is 2.31. The van der Waals surface area contributed by atoms with Gasteiger partial charge in [-0.15, -0.1) is 0 Å². The molecule has 0 saturated heterocycles. The summed E-state index contributed by atoms with van der Waals surface area (Å²) in [5, 5.41) is 0. The molecule has 0 aliphatic heterocycles. The van der Waals surface area contributed by atoms with Crippen molar-refractivity contribution in [1.29, 1.82) is 0 Å². The Hall–Kier alpha value is -1.76.